The van der Waals surface area contributed by atoms with Crippen LogP contribution >= 0.6 is 0 Å². The number of amides is 1. The smallest absolute Gasteiger partial charge is 0.295 e. The fourth-order valence-corrected chi connectivity index (χ4v) is 4.65. The number of carbonyl (C=O) groups excluding carboxylic acids is 1. The maximum atomic E-state index is 12.7. The van der Waals surface area contributed by atoms with Crippen LogP contribution in [0.5, 0.6) is 0 Å². The van der Waals surface area contributed by atoms with Gasteiger partial charge in [-0.1, -0.05) is 6.07 Å². The van der Waals surface area contributed by atoms with Crippen molar-refractivity contribution in [3.05, 3.63) is 54.1 Å². The van der Waals surface area contributed by atoms with E-state index in [2.05, 4.69) is 5.32 Å². The zero-order chi connectivity index (χ0) is 24.1. The van der Waals surface area contributed by atoms with E-state index in [1.165, 1.54) is 6.07 Å². The monoisotopic (exact) mass is 502 g/mol. The first-order valence-electron chi connectivity index (χ1n) is 8.28. The third kappa shape index (κ3) is 4.87. The van der Waals surface area contributed by atoms with Crippen LogP contribution < -0.4 is 11.1 Å². The van der Waals surface area contributed by atoms with Crippen molar-refractivity contribution in [2.45, 2.75) is 14.7 Å². The maximum Gasteiger partial charge on any atom is 0.295 e. The number of hydrogen-bond donors (Lipinski definition) is 5. The fraction of sp³-hybridized carbons (Fsp3) is 0. The van der Waals surface area contributed by atoms with E-state index in [1.807, 2.05) is 0 Å². The molecule has 0 bridgehead atoms. The zero-order valence-corrected chi connectivity index (χ0v) is 18.1. The van der Waals surface area contributed by atoms with E-state index in [-0.39, 0.29) is 22.1 Å². The predicted octanol–water partition coefficient (Wildman–Crippen LogP) is 1.41. The molecule has 15 heteroatoms. The van der Waals surface area contributed by atoms with Gasteiger partial charge in [0.05, 0.1) is 21.0 Å². The van der Waals surface area contributed by atoms with Crippen LogP contribution in [0.15, 0.2) is 63.2 Å². The summed E-state index contributed by atoms with van der Waals surface area (Å²) in [7, 11) is -14.3. The molecule has 0 aliphatic carbocycles. The Morgan fingerprint density at radius 1 is 0.750 bits per heavy atom. The van der Waals surface area contributed by atoms with Crippen molar-refractivity contribution in [2.24, 2.45) is 0 Å². The molecule has 0 aliphatic rings. The van der Waals surface area contributed by atoms with Gasteiger partial charge in [-0.15, -0.1) is 0 Å². The van der Waals surface area contributed by atoms with Gasteiger partial charge < -0.3 is 11.1 Å². The second kappa shape index (κ2) is 7.80. The summed E-state index contributed by atoms with van der Waals surface area (Å²) in [5.74, 6) is -1.09. The van der Waals surface area contributed by atoms with Crippen LogP contribution in [-0.4, -0.2) is 44.8 Å². The normalized spacial score (nSPS) is 12.6. The first-order chi connectivity index (χ1) is 14.6. The lowest BCUT2D eigenvalue weighted by atomic mass is 10.1. The molecule has 32 heavy (non-hydrogen) atoms. The van der Waals surface area contributed by atoms with Crippen LogP contribution in [0.2, 0.25) is 0 Å². The SMILES string of the molecule is Nc1ccc(C(=O)Nc2cc(S(=O)(=O)O)cc3cc(S(=O)(=O)O)ccc23)c(S(=O)(=O)O)c1. The number of anilines is 2. The highest BCUT2D eigenvalue weighted by Gasteiger charge is 2.23. The van der Waals surface area contributed by atoms with Crippen molar-refractivity contribution in [1.29, 1.82) is 0 Å². The van der Waals surface area contributed by atoms with Crippen molar-refractivity contribution in [3.63, 3.8) is 0 Å². The van der Waals surface area contributed by atoms with E-state index in [1.54, 1.807) is 0 Å². The number of benzene rings is 3. The third-order valence-electron chi connectivity index (χ3n) is 4.27. The first kappa shape index (κ1) is 23.6. The Balaban J connectivity index is 2.22. The van der Waals surface area contributed by atoms with Crippen LogP contribution in [0.25, 0.3) is 10.8 Å². The number of fused-ring (bicyclic) bond motifs is 1. The van der Waals surface area contributed by atoms with E-state index in [0.717, 1.165) is 42.5 Å². The van der Waals surface area contributed by atoms with E-state index < -0.39 is 56.5 Å². The minimum Gasteiger partial charge on any atom is -0.399 e. The lowest BCUT2D eigenvalue weighted by molar-refractivity contribution is 0.102. The molecule has 0 aliphatic heterocycles. The Labute approximate surface area is 181 Å². The topological polar surface area (TPSA) is 218 Å². The molecule has 0 saturated carbocycles. The molecule has 3 aromatic carbocycles. The number of nitrogen functional groups attached to an aromatic ring is 1. The summed E-state index contributed by atoms with van der Waals surface area (Å²) < 4.78 is 97.3. The third-order valence-corrected chi connectivity index (χ3v) is 6.84. The summed E-state index contributed by atoms with van der Waals surface area (Å²) >= 11 is 0. The fourth-order valence-electron chi connectivity index (χ4n) is 2.86. The van der Waals surface area contributed by atoms with Crippen molar-refractivity contribution >= 4 is 58.4 Å². The summed E-state index contributed by atoms with van der Waals surface area (Å²) in [6.07, 6.45) is 0. The number of nitrogens with two attached hydrogens (primary N) is 1. The summed E-state index contributed by atoms with van der Waals surface area (Å²) in [6.45, 7) is 0. The second-order valence-electron chi connectivity index (χ2n) is 6.49. The molecule has 0 fully saturated rings. The molecule has 170 valence electrons. The average Bonchev–Trinajstić information content (AvgIpc) is 2.65. The molecule has 3 rings (SSSR count). The van der Waals surface area contributed by atoms with Gasteiger partial charge in [0.1, 0.15) is 4.90 Å². The van der Waals surface area contributed by atoms with Gasteiger partial charge in [-0.25, -0.2) is 0 Å². The van der Waals surface area contributed by atoms with Gasteiger partial charge in [0.25, 0.3) is 36.3 Å². The highest BCUT2D eigenvalue weighted by molar-refractivity contribution is 7.86. The average molecular weight is 503 g/mol. The van der Waals surface area contributed by atoms with Crippen LogP contribution in [0.1, 0.15) is 10.4 Å². The molecule has 0 radical (unpaired) electrons. The molecular weight excluding hydrogens is 488 g/mol. The predicted molar refractivity (Wildman–Crippen MR) is 112 cm³/mol. The summed E-state index contributed by atoms with van der Waals surface area (Å²) in [4.78, 5) is 10.6. The Kier molecular flexibility index (Phi) is 5.75. The molecular formula is C17H14N2O10S3. The Morgan fingerprint density at radius 2 is 1.34 bits per heavy atom. The quantitative estimate of drug-likeness (QED) is 0.248. The zero-order valence-electron chi connectivity index (χ0n) is 15.6. The largest absolute Gasteiger partial charge is 0.399 e. The van der Waals surface area contributed by atoms with Gasteiger partial charge in [0, 0.05) is 11.1 Å². The van der Waals surface area contributed by atoms with Gasteiger partial charge in [-0.3, -0.25) is 18.5 Å². The lowest BCUT2D eigenvalue weighted by Crippen LogP contribution is -2.17. The van der Waals surface area contributed by atoms with E-state index in [0.29, 0.717) is 0 Å². The molecule has 0 saturated heterocycles. The maximum absolute atomic E-state index is 12.7. The highest BCUT2D eigenvalue weighted by Crippen LogP contribution is 2.31. The summed E-state index contributed by atoms with van der Waals surface area (Å²) in [5, 5.41) is 2.25. The Morgan fingerprint density at radius 3 is 1.91 bits per heavy atom. The summed E-state index contributed by atoms with van der Waals surface area (Å²) in [6, 6.07) is 7.83. The molecule has 3 aromatic rings. The van der Waals surface area contributed by atoms with Gasteiger partial charge in [0.2, 0.25) is 0 Å². The Bertz CT molecular complexity index is 1590. The van der Waals surface area contributed by atoms with Crippen molar-refractivity contribution in [1.82, 2.24) is 0 Å². The van der Waals surface area contributed by atoms with E-state index in [9.17, 15) is 43.7 Å². The molecule has 12 nitrogen and oxygen atoms in total. The van der Waals surface area contributed by atoms with Crippen molar-refractivity contribution in [3.8, 4) is 0 Å². The molecule has 1 amide bonds. The van der Waals surface area contributed by atoms with E-state index in [4.69, 9.17) is 5.73 Å². The van der Waals surface area contributed by atoms with Crippen LogP contribution in [0.3, 0.4) is 0 Å². The molecule has 0 aromatic heterocycles. The summed E-state index contributed by atoms with van der Waals surface area (Å²) in [5.41, 5.74) is 4.66. The first-order valence-corrected chi connectivity index (χ1v) is 12.6. The van der Waals surface area contributed by atoms with Crippen molar-refractivity contribution in [2.75, 3.05) is 11.1 Å². The molecule has 0 spiro atoms. The van der Waals surface area contributed by atoms with Crippen LogP contribution in [0.4, 0.5) is 11.4 Å². The molecule has 0 heterocycles. The molecule has 0 unspecified atom stereocenters. The minimum atomic E-state index is -4.86. The standard InChI is InChI=1S/C17H14N2O10S3/c18-10-1-3-14(16(7-10)32(27,28)29)17(20)19-15-8-12(31(24,25)26)6-9-5-11(30(21,22)23)2-4-13(9)15/h1-8H,18H2,(H,19,20)(H,21,22,23)(H,24,25,26)(H,27,28,29). The van der Waals surface area contributed by atoms with Crippen LogP contribution in [-0.2, 0) is 30.4 Å². The molecule has 0 atom stereocenters. The second-order valence-corrected chi connectivity index (χ2v) is 10.7. The Hall–Kier alpha value is -3.08. The number of rotatable bonds is 5. The van der Waals surface area contributed by atoms with E-state index >= 15 is 0 Å². The van der Waals surface area contributed by atoms with Crippen molar-refractivity contribution < 1.29 is 43.7 Å². The number of nitrogens with one attached hydrogen (secondary N) is 1. The van der Waals surface area contributed by atoms with Crippen LogP contribution in [0, 0.1) is 0 Å². The number of carbonyl (C=O) groups is 1. The lowest BCUT2D eigenvalue weighted by Gasteiger charge is -2.13. The highest BCUT2D eigenvalue weighted by atomic mass is 32.2. The van der Waals surface area contributed by atoms with Gasteiger partial charge >= 0.3 is 0 Å². The van der Waals surface area contributed by atoms with Gasteiger partial charge in [-0.05, 0) is 47.9 Å². The number of hydrogen-bond acceptors (Lipinski definition) is 8. The minimum absolute atomic E-state index is 0.0641. The van der Waals surface area contributed by atoms with Gasteiger partial charge in [-0.2, -0.15) is 25.3 Å². The molecule has 6 N–H and O–H groups in total. The van der Waals surface area contributed by atoms with Gasteiger partial charge in [0.15, 0.2) is 0 Å².